The topological polar surface area (TPSA) is 65.2 Å². The van der Waals surface area contributed by atoms with Crippen LogP contribution in [0.2, 0.25) is 0 Å². The number of nitriles is 1. The number of amides is 1. The molecule has 0 aromatic heterocycles. The maximum absolute atomic E-state index is 12.0. The summed E-state index contributed by atoms with van der Waals surface area (Å²) in [5.41, 5.74) is 1.45. The lowest BCUT2D eigenvalue weighted by atomic mass is 10.1. The minimum atomic E-state index is -0.112. The van der Waals surface area contributed by atoms with Crippen molar-refractivity contribution in [2.45, 2.75) is 31.7 Å². The van der Waals surface area contributed by atoms with Gasteiger partial charge in [0.2, 0.25) is 0 Å². The van der Waals surface area contributed by atoms with Crippen molar-refractivity contribution in [3.05, 3.63) is 40.3 Å². The molecule has 21 heavy (non-hydrogen) atoms. The van der Waals surface area contributed by atoms with Gasteiger partial charge in [-0.15, -0.1) is 0 Å². The second-order valence-corrected chi connectivity index (χ2v) is 6.21. The van der Waals surface area contributed by atoms with Crippen molar-refractivity contribution < 1.29 is 4.79 Å². The van der Waals surface area contributed by atoms with Crippen molar-refractivity contribution in [3.8, 4) is 6.07 Å². The summed E-state index contributed by atoms with van der Waals surface area (Å²) in [4.78, 5) is 17.2. The highest BCUT2D eigenvalue weighted by Gasteiger charge is 2.25. The molecule has 2 aliphatic rings. The number of amidine groups is 1. The molecule has 1 amide bonds. The van der Waals surface area contributed by atoms with Gasteiger partial charge in [-0.05, 0) is 48.4 Å². The molecular formula is C16H15N3OS. The molecule has 0 atom stereocenters. The molecule has 0 radical (unpaired) electrons. The van der Waals surface area contributed by atoms with Gasteiger partial charge in [-0.3, -0.25) is 9.79 Å². The van der Waals surface area contributed by atoms with Crippen LogP contribution >= 0.6 is 11.8 Å². The largest absolute Gasteiger partial charge is 0.301 e. The fourth-order valence-corrected chi connectivity index (χ4v) is 3.43. The van der Waals surface area contributed by atoms with Crippen molar-refractivity contribution in [3.63, 3.8) is 0 Å². The summed E-state index contributed by atoms with van der Waals surface area (Å²) >= 11 is 1.38. The molecule has 0 spiro atoms. The molecule has 1 aliphatic heterocycles. The zero-order valence-electron chi connectivity index (χ0n) is 11.5. The van der Waals surface area contributed by atoms with Crippen LogP contribution in [-0.2, 0) is 4.79 Å². The molecule has 1 aliphatic carbocycles. The van der Waals surface area contributed by atoms with Crippen molar-refractivity contribution in [1.29, 1.82) is 5.26 Å². The first-order chi connectivity index (χ1) is 10.2. The summed E-state index contributed by atoms with van der Waals surface area (Å²) < 4.78 is 0. The first-order valence-electron chi connectivity index (χ1n) is 7.03. The molecule has 1 aromatic rings. The Kier molecular flexibility index (Phi) is 4.07. The van der Waals surface area contributed by atoms with Gasteiger partial charge in [0.1, 0.15) is 0 Å². The molecule has 1 N–H and O–H groups in total. The number of hydrogen-bond acceptors (Lipinski definition) is 4. The van der Waals surface area contributed by atoms with E-state index in [1.165, 1.54) is 24.6 Å². The first kappa shape index (κ1) is 13.9. The van der Waals surface area contributed by atoms with Crippen LogP contribution in [-0.4, -0.2) is 17.1 Å². The van der Waals surface area contributed by atoms with E-state index in [4.69, 9.17) is 5.26 Å². The van der Waals surface area contributed by atoms with E-state index in [0.29, 0.717) is 21.7 Å². The van der Waals surface area contributed by atoms with E-state index in [9.17, 15) is 4.79 Å². The molecule has 106 valence electrons. The van der Waals surface area contributed by atoms with Crippen LogP contribution in [0.3, 0.4) is 0 Å². The maximum Gasteiger partial charge on any atom is 0.264 e. The molecule has 5 heteroatoms. The van der Waals surface area contributed by atoms with E-state index < -0.39 is 0 Å². The average Bonchev–Trinajstić information content (AvgIpc) is 3.10. The van der Waals surface area contributed by atoms with Crippen LogP contribution in [0.5, 0.6) is 0 Å². The highest BCUT2D eigenvalue weighted by molar-refractivity contribution is 8.18. The van der Waals surface area contributed by atoms with E-state index in [0.717, 1.165) is 18.4 Å². The molecule has 3 rings (SSSR count). The Balaban J connectivity index is 1.78. The molecule has 1 saturated heterocycles. The van der Waals surface area contributed by atoms with Crippen LogP contribution in [0.4, 0.5) is 0 Å². The van der Waals surface area contributed by atoms with E-state index >= 15 is 0 Å². The Hall–Kier alpha value is -2.06. The third-order valence-corrected chi connectivity index (χ3v) is 4.51. The summed E-state index contributed by atoms with van der Waals surface area (Å²) in [6.45, 7) is 0. The van der Waals surface area contributed by atoms with Crippen molar-refractivity contribution >= 4 is 28.9 Å². The van der Waals surface area contributed by atoms with Crippen LogP contribution in [0.1, 0.15) is 36.8 Å². The predicted octanol–water partition coefficient (Wildman–Crippen LogP) is 3.06. The van der Waals surface area contributed by atoms with Gasteiger partial charge in [-0.25, -0.2) is 0 Å². The Labute approximate surface area is 128 Å². The van der Waals surface area contributed by atoms with Crippen LogP contribution in [0.25, 0.3) is 6.08 Å². The second-order valence-electron chi connectivity index (χ2n) is 5.17. The molecule has 1 heterocycles. The van der Waals surface area contributed by atoms with E-state index in [1.54, 1.807) is 18.2 Å². The van der Waals surface area contributed by atoms with E-state index in [1.807, 2.05) is 12.1 Å². The highest BCUT2D eigenvalue weighted by atomic mass is 32.2. The first-order valence-corrected chi connectivity index (χ1v) is 7.85. The number of nitrogens with one attached hydrogen (secondary N) is 1. The standard InChI is InChI=1S/C16H15N3OS/c17-10-12-5-3-4-11(8-12)9-14-15(20)19-16(21-14)18-13-6-1-2-7-13/h3-5,8-9,13H,1-2,6-7H2,(H,18,19,20)/b14-9-. The number of benzene rings is 1. The zero-order valence-corrected chi connectivity index (χ0v) is 12.3. The minimum Gasteiger partial charge on any atom is -0.301 e. The quantitative estimate of drug-likeness (QED) is 0.853. The van der Waals surface area contributed by atoms with Gasteiger partial charge < -0.3 is 5.32 Å². The minimum absolute atomic E-state index is 0.112. The monoisotopic (exact) mass is 297 g/mol. The molecule has 2 fully saturated rings. The van der Waals surface area contributed by atoms with Gasteiger partial charge >= 0.3 is 0 Å². The van der Waals surface area contributed by atoms with E-state index in [-0.39, 0.29) is 5.91 Å². The molecule has 0 bridgehead atoms. The van der Waals surface area contributed by atoms with Gasteiger partial charge in [0, 0.05) is 0 Å². The number of hydrogen-bond donors (Lipinski definition) is 1. The fraction of sp³-hybridized carbons (Fsp3) is 0.312. The molecule has 4 nitrogen and oxygen atoms in total. The van der Waals surface area contributed by atoms with Crippen LogP contribution < -0.4 is 5.32 Å². The normalized spacial score (nSPS) is 22.7. The predicted molar refractivity (Wildman–Crippen MR) is 84.6 cm³/mol. The Morgan fingerprint density at radius 2 is 2.19 bits per heavy atom. The van der Waals surface area contributed by atoms with Gasteiger partial charge in [0.25, 0.3) is 5.91 Å². The third kappa shape index (κ3) is 3.34. The molecule has 1 saturated carbocycles. The number of carbonyl (C=O) groups excluding carboxylic acids is 1. The summed E-state index contributed by atoms with van der Waals surface area (Å²) in [6, 6.07) is 9.67. The van der Waals surface area contributed by atoms with Crippen LogP contribution in [0, 0.1) is 11.3 Å². The number of aliphatic imine (C=N–C) groups is 1. The Bertz CT molecular complexity index is 666. The third-order valence-electron chi connectivity index (χ3n) is 3.59. The number of rotatable bonds is 2. The zero-order chi connectivity index (χ0) is 14.7. The molecule has 0 unspecified atom stereocenters. The smallest absolute Gasteiger partial charge is 0.264 e. The number of nitrogens with zero attached hydrogens (tertiary/aromatic N) is 2. The van der Waals surface area contributed by atoms with E-state index in [2.05, 4.69) is 16.4 Å². The van der Waals surface area contributed by atoms with Gasteiger partial charge in [-0.2, -0.15) is 5.26 Å². The lowest BCUT2D eigenvalue weighted by Gasteiger charge is -2.02. The second kappa shape index (κ2) is 6.15. The number of carbonyl (C=O) groups is 1. The summed E-state index contributed by atoms with van der Waals surface area (Å²) in [7, 11) is 0. The van der Waals surface area contributed by atoms with Crippen molar-refractivity contribution in [2.24, 2.45) is 4.99 Å². The van der Waals surface area contributed by atoms with Crippen molar-refractivity contribution in [1.82, 2.24) is 5.32 Å². The summed E-state index contributed by atoms with van der Waals surface area (Å²) in [5, 5.41) is 12.4. The SMILES string of the molecule is N#Cc1cccc(/C=C2\SC(=NC3CCCC3)NC2=O)c1. The lowest BCUT2D eigenvalue weighted by Crippen LogP contribution is -2.21. The number of thioether (sulfide) groups is 1. The maximum atomic E-state index is 12.0. The van der Waals surface area contributed by atoms with Gasteiger partial charge in [0.15, 0.2) is 5.17 Å². The summed E-state index contributed by atoms with van der Waals surface area (Å²) in [6.07, 6.45) is 6.48. The van der Waals surface area contributed by atoms with Crippen molar-refractivity contribution in [2.75, 3.05) is 0 Å². The van der Waals surface area contributed by atoms with Gasteiger partial charge in [-0.1, -0.05) is 25.0 Å². The van der Waals surface area contributed by atoms with Crippen LogP contribution in [0.15, 0.2) is 34.2 Å². The average molecular weight is 297 g/mol. The lowest BCUT2D eigenvalue weighted by molar-refractivity contribution is -0.115. The highest BCUT2D eigenvalue weighted by Crippen LogP contribution is 2.29. The summed E-state index contributed by atoms with van der Waals surface area (Å²) in [5.74, 6) is -0.112. The van der Waals surface area contributed by atoms with Gasteiger partial charge in [0.05, 0.1) is 22.6 Å². The molecular weight excluding hydrogens is 282 g/mol. The molecule has 1 aromatic carbocycles. The fourth-order valence-electron chi connectivity index (χ4n) is 2.54. The Morgan fingerprint density at radius 1 is 1.38 bits per heavy atom. The Morgan fingerprint density at radius 3 is 2.95 bits per heavy atom.